The Balaban J connectivity index is 1.67. The summed E-state index contributed by atoms with van der Waals surface area (Å²) in [6, 6.07) is 9.23. The van der Waals surface area contributed by atoms with Gasteiger partial charge >= 0.3 is 0 Å². The summed E-state index contributed by atoms with van der Waals surface area (Å²) in [4.78, 5) is 16.9. The van der Waals surface area contributed by atoms with Gasteiger partial charge in [-0.05, 0) is 67.8 Å². The second-order valence-electron chi connectivity index (χ2n) is 9.19. The van der Waals surface area contributed by atoms with Crippen molar-refractivity contribution in [3.05, 3.63) is 41.5 Å². The third-order valence-electron chi connectivity index (χ3n) is 6.62. The van der Waals surface area contributed by atoms with Crippen LogP contribution < -0.4 is 0 Å². The topological polar surface area (TPSA) is 23.6 Å². The molecule has 154 valence electrons. The monoisotopic (exact) mass is 382 g/mol. The van der Waals surface area contributed by atoms with Crippen molar-refractivity contribution in [3.63, 3.8) is 0 Å². The molecule has 3 nitrogen and oxygen atoms in total. The first kappa shape index (κ1) is 21.1. The first-order valence-electron chi connectivity index (χ1n) is 11.2. The van der Waals surface area contributed by atoms with Gasteiger partial charge in [-0.15, -0.1) is 0 Å². The van der Waals surface area contributed by atoms with E-state index in [4.69, 9.17) is 0 Å². The molecule has 3 rings (SSSR count). The maximum Gasteiger partial charge on any atom is 0.224 e. The predicted octanol–water partition coefficient (Wildman–Crippen LogP) is 4.87. The number of amides is 1. The van der Waals surface area contributed by atoms with Gasteiger partial charge < -0.3 is 9.80 Å². The first-order chi connectivity index (χ1) is 13.5. The van der Waals surface area contributed by atoms with Gasteiger partial charge in [0.2, 0.25) is 5.91 Å². The van der Waals surface area contributed by atoms with E-state index in [0.29, 0.717) is 11.8 Å². The van der Waals surface area contributed by atoms with Crippen molar-refractivity contribution >= 4 is 11.5 Å². The number of nitrogens with zero attached hydrogens (tertiary/aromatic N) is 2. The fourth-order valence-electron chi connectivity index (χ4n) is 4.75. The molecule has 0 bridgehead atoms. The summed E-state index contributed by atoms with van der Waals surface area (Å²) in [7, 11) is 1.96. The highest BCUT2D eigenvalue weighted by Gasteiger charge is 2.28. The minimum Gasteiger partial charge on any atom is -0.345 e. The van der Waals surface area contributed by atoms with Crippen LogP contribution >= 0.6 is 0 Å². The fraction of sp³-hybridized carbons (Fsp3) is 0.640. The van der Waals surface area contributed by atoms with Gasteiger partial charge in [0.25, 0.3) is 0 Å². The molecular formula is C25H38N2O. The molecule has 1 amide bonds. The summed E-state index contributed by atoms with van der Waals surface area (Å²) < 4.78 is 0. The lowest BCUT2D eigenvalue weighted by atomic mass is 9.76. The van der Waals surface area contributed by atoms with Crippen molar-refractivity contribution in [2.24, 2.45) is 17.8 Å². The van der Waals surface area contributed by atoms with Crippen molar-refractivity contribution in [3.8, 4) is 0 Å². The van der Waals surface area contributed by atoms with Crippen molar-refractivity contribution in [2.75, 3.05) is 33.2 Å². The Bertz CT molecular complexity index is 670. The second-order valence-corrected chi connectivity index (χ2v) is 9.19. The Hall–Kier alpha value is -1.61. The zero-order chi connectivity index (χ0) is 20.1. The van der Waals surface area contributed by atoms with E-state index >= 15 is 0 Å². The van der Waals surface area contributed by atoms with Gasteiger partial charge in [-0.3, -0.25) is 4.79 Å². The van der Waals surface area contributed by atoms with Crippen LogP contribution in [0.3, 0.4) is 0 Å². The van der Waals surface area contributed by atoms with E-state index in [2.05, 4.69) is 42.2 Å². The van der Waals surface area contributed by atoms with Gasteiger partial charge in [0.15, 0.2) is 0 Å². The van der Waals surface area contributed by atoms with E-state index in [1.54, 1.807) is 0 Å². The normalized spacial score (nSPS) is 23.1. The van der Waals surface area contributed by atoms with Crippen molar-refractivity contribution in [1.29, 1.82) is 0 Å². The van der Waals surface area contributed by atoms with Gasteiger partial charge in [-0.1, -0.05) is 51.1 Å². The minimum atomic E-state index is 0.0613. The lowest BCUT2D eigenvalue weighted by Gasteiger charge is -2.34. The van der Waals surface area contributed by atoms with E-state index < -0.39 is 0 Å². The second kappa shape index (κ2) is 9.73. The molecule has 1 aromatic carbocycles. The average Bonchev–Trinajstić information content (AvgIpc) is 3.21. The Morgan fingerprint density at radius 1 is 1.18 bits per heavy atom. The summed E-state index contributed by atoms with van der Waals surface area (Å²) in [5, 5.41) is 0. The van der Waals surface area contributed by atoms with Crippen molar-refractivity contribution in [1.82, 2.24) is 9.80 Å². The fourth-order valence-corrected chi connectivity index (χ4v) is 4.75. The highest BCUT2D eigenvalue weighted by molar-refractivity contribution is 5.78. The molecule has 1 aliphatic heterocycles. The molecule has 1 heterocycles. The number of benzene rings is 1. The van der Waals surface area contributed by atoms with E-state index in [9.17, 15) is 4.79 Å². The van der Waals surface area contributed by atoms with Gasteiger partial charge in [-0.2, -0.15) is 0 Å². The molecule has 1 aliphatic carbocycles. The Morgan fingerprint density at radius 3 is 2.50 bits per heavy atom. The SMILES string of the molecule is CC(C)C(=O)N(C)C[C@@H]1C(c2ccc(CCN3CCCC3)cc2)=CCC[C@@H]1C. The van der Waals surface area contributed by atoms with Gasteiger partial charge in [0.05, 0.1) is 0 Å². The molecule has 28 heavy (non-hydrogen) atoms. The first-order valence-corrected chi connectivity index (χ1v) is 11.2. The highest BCUT2D eigenvalue weighted by Crippen LogP contribution is 2.37. The average molecular weight is 383 g/mol. The molecule has 0 spiro atoms. The van der Waals surface area contributed by atoms with Crippen LogP contribution in [0.15, 0.2) is 30.3 Å². The van der Waals surface area contributed by atoms with Crippen LogP contribution in [0.2, 0.25) is 0 Å². The molecule has 0 aromatic heterocycles. The Labute approximate surface area is 171 Å². The van der Waals surface area contributed by atoms with Crippen molar-refractivity contribution in [2.45, 2.75) is 52.9 Å². The quantitative estimate of drug-likeness (QED) is 0.672. The largest absolute Gasteiger partial charge is 0.345 e. The summed E-state index contributed by atoms with van der Waals surface area (Å²) in [6.07, 6.45) is 8.64. The molecule has 2 aliphatic rings. The Kier molecular flexibility index (Phi) is 7.34. The number of hydrogen-bond acceptors (Lipinski definition) is 2. The molecule has 0 radical (unpaired) electrons. The molecule has 3 heteroatoms. The van der Waals surface area contributed by atoms with Crippen LogP contribution in [-0.2, 0) is 11.2 Å². The zero-order valence-corrected chi connectivity index (χ0v) is 18.3. The van der Waals surface area contributed by atoms with Crippen LogP contribution in [0.5, 0.6) is 0 Å². The van der Waals surface area contributed by atoms with Crippen molar-refractivity contribution < 1.29 is 4.79 Å². The molecule has 0 N–H and O–H groups in total. The molecule has 1 aromatic rings. The van der Waals surface area contributed by atoms with Crippen LogP contribution in [0.25, 0.3) is 5.57 Å². The number of likely N-dealkylation sites (tertiary alicyclic amines) is 1. The molecular weight excluding hydrogens is 344 g/mol. The maximum atomic E-state index is 12.4. The van der Waals surface area contributed by atoms with Crippen LogP contribution in [0.4, 0.5) is 0 Å². The molecule has 0 unspecified atom stereocenters. The number of carbonyl (C=O) groups is 1. The van der Waals surface area contributed by atoms with E-state index in [0.717, 1.165) is 19.4 Å². The number of rotatable bonds is 7. The predicted molar refractivity (Wildman–Crippen MR) is 118 cm³/mol. The van der Waals surface area contributed by atoms with Crippen LogP contribution in [0, 0.1) is 17.8 Å². The summed E-state index contributed by atoms with van der Waals surface area (Å²) in [6.45, 7) is 10.9. The molecule has 2 atom stereocenters. The maximum absolute atomic E-state index is 12.4. The van der Waals surface area contributed by atoms with E-state index in [1.165, 1.54) is 55.6 Å². The molecule has 0 saturated carbocycles. The third-order valence-corrected chi connectivity index (χ3v) is 6.62. The number of carbonyl (C=O) groups excluding carboxylic acids is 1. The van der Waals surface area contributed by atoms with Gasteiger partial charge in [0, 0.05) is 32.0 Å². The standard InChI is InChI=1S/C25H38N2O/c1-19(2)25(28)26(4)18-24-20(3)8-7-9-23(24)22-12-10-21(11-13-22)14-17-27-15-5-6-16-27/h9-13,19-20,24H,5-8,14-18H2,1-4H3/t20-,24-/m0/s1. The molecule has 1 fully saturated rings. The highest BCUT2D eigenvalue weighted by atomic mass is 16.2. The van der Waals surface area contributed by atoms with E-state index in [1.807, 2.05) is 25.8 Å². The third kappa shape index (κ3) is 5.26. The number of hydrogen-bond donors (Lipinski definition) is 0. The zero-order valence-electron chi connectivity index (χ0n) is 18.3. The Morgan fingerprint density at radius 2 is 1.86 bits per heavy atom. The van der Waals surface area contributed by atoms with E-state index in [-0.39, 0.29) is 11.8 Å². The van der Waals surface area contributed by atoms with Gasteiger partial charge in [0.1, 0.15) is 0 Å². The number of allylic oxidation sites excluding steroid dienone is 1. The lowest BCUT2D eigenvalue weighted by molar-refractivity contribution is -0.133. The lowest BCUT2D eigenvalue weighted by Crippen LogP contribution is -2.37. The van der Waals surface area contributed by atoms with Gasteiger partial charge in [-0.25, -0.2) is 0 Å². The van der Waals surface area contributed by atoms with Crippen LogP contribution in [0.1, 0.15) is 57.6 Å². The van der Waals surface area contributed by atoms with Crippen LogP contribution in [-0.4, -0.2) is 48.9 Å². The summed E-state index contributed by atoms with van der Waals surface area (Å²) in [5.41, 5.74) is 4.21. The summed E-state index contributed by atoms with van der Waals surface area (Å²) in [5.74, 6) is 1.34. The smallest absolute Gasteiger partial charge is 0.224 e. The minimum absolute atomic E-state index is 0.0613. The summed E-state index contributed by atoms with van der Waals surface area (Å²) >= 11 is 0. The molecule has 1 saturated heterocycles.